The van der Waals surface area contributed by atoms with Crippen LogP contribution in [0, 0.1) is 0 Å². The van der Waals surface area contributed by atoms with E-state index in [1.807, 2.05) is 0 Å². The molecule has 1 aliphatic rings. The van der Waals surface area contributed by atoms with E-state index in [1.54, 1.807) is 0 Å². The van der Waals surface area contributed by atoms with Crippen molar-refractivity contribution in [3.05, 3.63) is 0 Å². The van der Waals surface area contributed by atoms with E-state index in [1.165, 1.54) is 0 Å². The van der Waals surface area contributed by atoms with E-state index in [0.717, 1.165) is 25.7 Å². The molecule has 70 valence electrons. The zero-order valence-electron chi connectivity index (χ0n) is 7.58. The van der Waals surface area contributed by atoms with Gasteiger partial charge in [0.25, 0.3) is 0 Å². The molecule has 3 heteroatoms. The van der Waals surface area contributed by atoms with Crippen LogP contribution in [-0.2, 0) is 9.53 Å². The second-order valence-corrected chi connectivity index (χ2v) is 3.45. The Labute approximate surface area is 73.3 Å². The first-order valence-electron chi connectivity index (χ1n) is 4.67. The third kappa shape index (κ3) is 2.81. The van der Waals surface area contributed by atoms with Crippen LogP contribution in [0.1, 0.15) is 39.0 Å². The SMILES string of the molecule is CCCCC(=O)OC1CC(N)C1. The summed E-state index contributed by atoms with van der Waals surface area (Å²) in [4.78, 5) is 11.0. The Balaban J connectivity index is 2.03. The van der Waals surface area contributed by atoms with Crippen molar-refractivity contribution in [3.8, 4) is 0 Å². The predicted octanol–water partition coefficient (Wildman–Crippen LogP) is 1.21. The summed E-state index contributed by atoms with van der Waals surface area (Å²) in [5.74, 6) is -0.0613. The summed E-state index contributed by atoms with van der Waals surface area (Å²) in [7, 11) is 0. The fourth-order valence-corrected chi connectivity index (χ4v) is 1.27. The Kier molecular flexibility index (Phi) is 3.53. The lowest BCUT2D eigenvalue weighted by Gasteiger charge is -2.31. The molecule has 0 aliphatic heterocycles. The second kappa shape index (κ2) is 4.45. The Hall–Kier alpha value is -0.570. The Morgan fingerprint density at radius 3 is 2.75 bits per heavy atom. The highest BCUT2D eigenvalue weighted by molar-refractivity contribution is 5.69. The van der Waals surface area contributed by atoms with Crippen molar-refractivity contribution in [2.24, 2.45) is 5.73 Å². The highest BCUT2D eigenvalue weighted by Crippen LogP contribution is 2.21. The van der Waals surface area contributed by atoms with Crippen LogP contribution in [0.4, 0.5) is 0 Å². The van der Waals surface area contributed by atoms with Crippen LogP contribution in [-0.4, -0.2) is 18.1 Å². The van der Waals surface area contributed by atoms with Gasteiger partial charge in [-0.3, -0.25) is 4.79 Å². The molecular weight excluding hydrogens is 154 g/mol. The standard InChI is InChI=1S/C9H17NO2/c1-2-3-4-9(11)12-8-5-7(10)6-8/h7-8H,2-6,10H2,1H3. The normalized spacial score (nSPS) is 27.8. The van der Waals surface area contributed by atoms with E-state index < -0.39 is 0 Å². The molecule has 0 aromatic carbocycles. The Morgan fingerprint density at radius 2 is 2.25 bits per heavy atom. The Bertz CT molecular complexity index is 153. The van der Waals surface area contributed by atoms with Gasteiger partial charge in [-0.15, -0.1) is 0 Å². The molecule has 0 aromatic heterocycles. The van der Waals surface area contributed by atoms with Gasteiger partial charge in [0.05, 0.1) is 0 Å². The monoisotopic (exact) mass is 171 g/mol. The molecule has 2 N–H and O–H groups in total. The lowest BCUT2D eigenvalue weighted by Crippen LogP contribution is -2.42. The van der Waals surface area contributed by atoms with Gasteiger partial charge < -0.3 is 10.5 Å². The number of nitrogens with two attached hydrogens (primary N) is 1. The predicted molar refractivity (Wildman–Crippen MR) is 46.6 cm³/mol. The molecule has 0 unspecified atom stereocenters. The quantitative estimate of drug-likeness (QED) is 0.647. The van der Waals surface area contributed by atoms with Crippen LogP contribution >= 0.6 is 0 Å². The molecule has 1 rings (SSSR count). The molecule has 1 aliphatic carbocycles. The van der Waals surface area contributed by atoms with Gasteiger partial charge in [0.15, 0.2) is 0 Å². The number of carbonyl (C=O) groups is 1. The lowest BCUT2D eigenvalue weighted by atomic mass is 9.90. The fourth-order valence-electron chi connectivity index (χ4n) is 1.27. The molecule has 0 spiro atoms. The summed E-state index contributed by atoms with van der Waals surface area (Å²) in [5.41, 5.74) is 5.55. The summed E-state index contributed by atoms with van der Waals surface area (Å²) in [6.07, 6.45) is 4.33. The highest BCUT2D eigenvalue weighted by atomic mass is 16.5. The first-order chi connectivity index (χ1) is 5.72. The van der Waals surface area contributed by atoms with Crippen LogP contribution in [0.25, 0.3) is 0 Å². The van der Waals surface area contributed by atoms with Crippen molar-refractivity contribution in [3.63, 3.8) is 0 Å². The van der Waals surface area contributed by atoms with E-state index in [0.29, 0.717) is 6.42 Å². The van der Waals surface area contributed by atoms with Crippen LogP contribution < -0.4 is 5.73 Å². The van der Waals surface area contributed by atoms with Crippen molar-refractivity contribution in [2.45, 2.75) is 51.2 Å². The number of rotatable bonds is 4. The smallest absolute Gasteiger partial charge is 0.306 e. The lowest BCUT2D eigenvalue weighted by molar-refractivity contribution is -0.153. The number of hydrogen-bond donors (Lipinski definition) is 1. The fraction of sp³-hybridized carbons (Fsp3) is 0.889. The molecule has 0 saturated heterocycles. The third-order valence-corrected chi connectivity index (χ3v) is 2.16. The maximum Gasteiger partial charge on any atom is 0.306 e. The Morgan fingerprint density at radius 1 is 1.58 bits per heavy atom. The van der Waals surface area contributed by atoms with E-state index in [9.17, 15) is 4.79 Å². The van der Waals surface area contributed by atoms with Crippen molar-refractivity contribution in [2.75, 3.05) is 0 Å². The maximum atomic E-state index is 11.0. The van der Waals surface area contributed by atoms with Gasteiger partial charge in [0.2, 0.25) is 0 Å². The molecule has 1 fully saturated rings. The van der Waals surface area contributed by atoms with Gasteiger partial charge in [0, 0.05) is 12.5 Å². The molecule has 12 heavy (non-hydrogen) atoms. The first kappa shape index (κ1) is 9.52. The number of ether oxygens (including phenoxy) is 1. The van der Waals surface area contributed by atoms with Gasteiger partial charge in [0.1, 0.15) is 6.10 Å². The summed E-state index contributed by atoms with van der Waals surface area (Å²) < 4.78 is 5.14. The molecule has 0 heterocycles. The van der Waals surface area contributed by atoms with Crippen molar-refractivity contribution < 1.29 is 9.53 Å². The van der Waals surface area contributed by atoms with Gasteiger partial charge in [-0.1, -0.05) is 13.3 Å². The van der Waals surface area contributed by atoms with Gasteiger partial charge >= 0.3 is 5.97 Å². The molecule has 0 radical (unpaired) electrons. The van der Waals surface area contributed by atoms with Crippen LogP contribution in [0.2, 0.25) is 0 Å². The van der Waals surface area contributed by atoms with Gasteiger partial charge in [-0.25, -0.2) is 0 Å². The molecule has 0 amide bonds. The minimum atomic E-state index is -0.0613. The van der Waals surface area contributed by atoms with Crippen molar-refractivity contribution in [1.29, 1.82) is 0 Å². The first-order valence-corrected chi connectivity index (χ1v) is 4.67. The van der Waals surface area contributed by atoms with E-state index in [2.05, 4.69) is 6.92 Å². The number of hydrogen-bond acceptors (Lipinski definition) is 3. The second-order valence-electron chi connectivity index (χ2n) is 3.45. The summed E-state index contributed by atoms with van der Waals surface area (Å²) in [6.45, 7) is 2.06. The number of esters is 1. The third-order valence-electron chi connectivity index (χ3n) is 2.16. The van der Waals surface area contributed by atoms with E-state index in [4.69, 9.17) is 10.5 Å². The van der Waals surface area contributed by atoms with Crippen LogP contribution in [0.15, 0.2) is 0 Å². The van der Waals surface area contributed by atoms with E-state index >= 15 is 0 Å². The molecule has 0 aromatic rings. The number of carbonyl (C=O) groups excluding carboxylic acids is 1. The summed E-state index contributed by atoms with van der Waals surface area (Å²) in [5, 5.41) is 0. The maximum absolute atomic E-state index is 11.0. The van der Waals surface area contributed by atoms with Gasteiger partial charge in [-0.05, 0) is 19.3 Å². The van der Waals surface area contributed by atoms with Crippen molar-refractivity contribution in [1.82, 2.24) is 0 Å². The molecule has 3 nitrogen and oxygen atoms in total. The van der Waals surface area contributed by atoms with Crippen LogP contribution in [0.5, 0.6) is 0 Å². The average Bonchev–Trinajstić information content (AvgIpc) is 1.98. The summed E-state index contributed by atoms with van der Waals surface area (Å²) in [6, 6.07) is 0.258. The molecule has 0 atom stereocenters. The minimum absolute atomic E-state index is 0.0613. The topological polar surface area (TPSA) is 52.3 Å². The summed E-state index contributed by atoms with van der Waals surface area (Å²) >= 11 is 0. The molecular formula is C9H17NO2. The highest BCUT2D eigenvalue weighted by Gasteiger charge is 2.28. The zero-order chi connectivity index (χ0) is 8.97. The molecule has 0 bridgehead atoms. The minimum Gasteiger partial charge on any atom is -0.462 e. The van der Waals surface area contributed by atoms with Gasteiger partial charge in [-0.2, -0.15) is 0 Å². The molecule has 1 saturated carbocycles. The van der Waals surface area contributed by atoms with E-state index in [-0.39, 0.29) is 18.1 Å². The number of unbranched alkanes of at least 4 members (excludes halogenated alkanes) is 1. The zero-order valence-corrected chi connectivity index (χ0v) is 7.58. The average molecular weight is 171 g/mol. The largest absolute Gasteiger partial charge is 0.462 e. The van der Waals surface area contributed by atoms with Crippen molar-refractivity contribution >= 4 is 5.97 Å². The van der Waals surface area contributed by atoms with Crippen LogP contribution in [0.3, 0.4) is 0 Å².